The van der Waals surface area contributed by atoms with Gasteiger partial charge in [0.25, 0.3) is 0 Å². The van der Waals surface area contributed by atoms with Crippen LogP contribution in [0.1, 0.15) is 44.5 Å². The molecule has 0 aliphatic heterocycles. The summed E-state index contributed by atoms with van der Waals surface area (Å²) in [6.07, 6.45) is 8.67. The Morgan fingerprint density at radius 3 is 2.70 bits per heavy atom. The van der Waals surface area contributed by atoms with Gasteiger partial charge in [-0.05, 0) is 47.9 Å². The van der Waals surface area contributed by atoms with Crippen LogP contribution < -0.4 is 0 Å². The predicted octanol–water partition coefficient (Wildman–Crippen LogP) is 4.12. The molecule has 0 amide bonds. The van der Waals surface area contributed by atoms with Gasteiger partial charge in [0.1, 0.15) is 11.6 Å². The van der Waals surface area contributed by atoms with Gasteiger partial charge in [0.2, 0.25) is 0 Å². The third kappa shape index (κ3) is 3.08. The number of benzene rings is 1. The van der Waals surface area contributed by atoms with E-state index in [0.717, 1.165) is 29.8 Å². The van der Waals surface area contributed by atoms with E-state index in [0.29, 0.717) is 12.8 Å². The van der Waals surface area contributed by atoms with Gasteiger partial charge in [0.15, 0.2) is 0 Å². The van der Waals surface area contributed by atoms with Gasteiger partial charge in [-0.1, -0.05) is 32.1 Å². The number of aliphatic hydroxyl groups is 1. The van der Waals surface area contributed by atoms with Crippen LogP contribution in [0.5, 0.6) is 0 Å². The minimum Gasteiger partial charge on any atom is -0.385 e. The number of aromatic amines is 1. The molecule has 1 aliphatic carbocycles. The van der Waals surface area contributed by atoms with Crippen molar-refractivity contribution in [3.8, 4) is 0 Å². The van der Waals surface area contributed by atoms with Gasteiger partial charge in [-0.3, -0.25) is 0 Å². The number of aromatic nitrogens is 2. The topological polar surface area (TPSA) is 48.9 Å². The Labute approximate surface area is 136 Å². The zero-order valence-corrected chi connectivity index (χ0v) is 13.6. The Morgan fingerprint density at radius 2 is 2.04 bits per heavy atom. The molecular formula is C19H23FN2O. The fraction of sp³-hybridized carbons (Fsp3) is 0.421. The number of nitrogens with zero attached hydrogens (tertiary/aromatic N) is 1. The van der Waals surface area contributed by atoms with Crippen molar-refractivity contribution in [1.29, 1.82) is 0 Å². The first-order valence-electron chi connectivity index (χ1n) is 8.08. The molecule has 3 nitrogen and oxygen atoms in total. The van der Waals surface area contributed by atoms with Gasteiger partial charge < -0.3 is 10.1 Å². The van der Waals surface area contributed by atoms with Crippen LogP contribution in [-0.2, 0) is 6.42 Å². The molecule has 1 heterocycles. The number of aryl methyl sites for hydroxylation is 1. The summed E-state index contributed by atoms with van der Waals surface area (Å²) in [4.78, 5) is 7.34. The van der Waals surface area contributed by atoms with Crippen molar-refractivity contribution in [2.45, 2.75) is 45.1 Å². The molecule has 1 saturated carbocycles. The highest BCUT2D eigenvalue weighted by Gasteiger charge is 2.50. The lowest BCUT2D eigenvalue weighted by Crippen LogP contribution is -2.41. The Kier molecular flexibility index (Phi) is 4.11. The summed E-state index contributed by atoms with van der Waals surface area (Å²) >= 11 is 0. The van der Waals surface area contributed by atoms with Gasteiger partial charge in [0, 0.05) is 18.8 Å². The van der Waals surface area contributed by atoms with E-state index in [1.165, 1.54) is 12.1 Å². The molecule has 1 aliphatic rings. The predicted molar refractivity (Wildman–Crippen MR) is 89.3 cm³/mol. The Bertz CT molecular complexity index is 689. The van der Waals surface area contributed by atoms with Crippen molar-refractivity contribution in [1.82, 2.24) is 9.97 Å². The van der Waals surface area contributed by atoms with Crippen LogP contribution in [-0.4, -0.2) is 20.7 Å². The van der Waals surface area contributed by atoms with E-state index in [-0.39, 0.29) is 11.2 Å². The van der Waals surface area contributed by atoms with Crippen LogP contribution in [0.25, 0.3) is 6.08 Å². The lowest BCUT2D eigenvalue weighted by atomic mass is 9.73. The van der Waals surface area contributed by atoms with E-state index in [2.05, 4.69) is 23.8 Å². The zero-order valence-electron chi connectivity index (χ0n) is 13.6. The average Bonchev–Trinajstić information content (AvgIpc) is 3.10. The van der Waals surface area contributed by atoms with Gasteiger partial charge in [-0.2, -0.15) is 0 Å². The van der Waals surface area contributed by atoms with Gasteiger partial charge in [-0.25, -0.2) is 9.37 Å². The van der Waals surface area contributed by atoms with Crippen molar-refractivity contribution in [3.63, 3.8) is 0 Å². The minimum atomic E-state index is -0.867. The van der Waals surface area contributed by atoms with Crippen molar-refractivity contribution >= 4 is 6.08 Å². The number of rotatable bonds is 4. The molecule has 1 fully saturated rings. The highest BCUT2D eigenvalue weighted by molar-refractivity contribution is 5.56. The first-order chi connectivity index (χ1) is 10.9. The molecule has 3 rings (SSSR count). The van der Waals surface area contributed by atoms with E-state index in [1.54, 1.807) is 24.5 Å². The molecule has 0 spiro atoms. The first kappa shape index (κ1) is 15.9. The van der Waals surface area contributed by atoms with Crippen LogP contribution in [0.4, 0.5) is 4.39 Å². The summed E-state index contributed by atoms with van der Waals surface area (Å²) in [5, 5.41) is 11.4. The fourth-order valence-electron chi connectivity index (χ4n) is 3.48. The quantitative estimate of drug-likeness (QED) is 0.892. The third-order valence-corrected chi connectivity index (χ3v) is 5.16. The van der Waals surface area contributed by atoms with E-state index in [1.807, 2.05) is 6.08 Å². The maximum Gasteiger partial charge on any atom is 0.123 e. The van der Waals surface area contributed by atoms with Gasteiger partial charge in [0.05, 0.1) is 5.60 Å². The molecule has 2 aromatic rings. The van der Waals surface area contributed by atoms with Gasteiger partial charge in [-0.15, -0.1) is 0 Å². The molecule has 1 aromatic heterocycles. The second-order valence-corrected chi connectivity index (χ2v) is 7.00. The molecule has 1 aromatic carbocycles. The molecular weight excluding hydrogens is 291 g/mol. The van der Waals surface area contributed by atoms with Crippen LogP contribution in [0.3, 0.4) is 0 Å². The smallest absolute Gasteiger partial charge is 0.123 e. The van der Waals surface area contributed by atoms with Crippen molar-refractivity contribution < 1.29 is 9.50 Å². The number of imidazole rings is 1. The molecule has 0 radical (unpaired) electrons. The number of H-pyrrole nitrogens is 1. The fourth-order valence-corrected chi connectivity index (χ4v) is 3.48. The van der Waals surface area contributed by atoms with Crippen LogP contribution in [0.15, 0.2) is 42.2 Å². The van der Waals surface area contributed by atoms with Crippen molar-refractivity contribution in [3.05, 3.63) is 59.4 Å². The largest absolute Gasteiger partial charge is 0.385 e. The number of nitrogens with one attached hydrogen (secondary N) is 1. The molecule has 4 heteroatoms. The normalized spacial score (nSPS) is 25.1. The summed E-state index contributed by atoms with van der Waals surface area (Å²) in [5.74, 6) is 0.647. The summed E-state index contributed by atoms with van der Waals surface area (Å²) < 4.78 is 13.1. The molecule has 1 atom stereocenters. The van der Waals surface area contributed by atoms with Crippen LogP contribution in [0.2, 0.25) is 0 Å². The highest BCUT2D eigenvalue weighted by Crippen LogP contribution is 2.52. The number of hydrogen-bond acceptors (Lipinski definition) is 2. The summed E-state index contributed by atoms with van der Waals surface area (Å²) in [7, 11) is 0. The maximum atomic E-state index is 13.1. The Morgan fingerprint density at radius 1 is 1.30 bits per heavy atom. The molecule has 122 valence electrons. The molecule has 2 N–H and O–H groups in total. The number of halogens is 1. The maximum absolute atomic E-state index is 13.1. The molecule has 23 heavy (non-hydrogen) atoms. The zero-order chi connectivity index (χ0) is 16.5. The lowest BCUT2D eigenvalue weighted by molar-refractivity contribution is -0.0201. The Balaban J connectivity index is 1.87. The van der Waals surface area contributed by atoms with Gasteiger partial charge >= 0.3 is 0 Å². The summed E-state index contributed by atoms with van der Waals surface area (Å²) in [6.45, 7) is 4.22. The molecule has 0 bridgehead atoms. The minimum absolute atomic E-state index is 0.189. The lowest BCUT2D eigenvalue weighted by Gasteiger charge is -2.38. The van der Waals surface area contributed by atoms with E-state index in [4.69, 9.17) is 0 Å². The van der Waals surface area contributed by atoms with Crippen LogP contribution >= 0.6 is 0 Å². The third-order valence-electron chi connectivity index (χ3n) is 5.16. The standard InChI is InChI=1S/C19H23FN2O/c1-18(2)9-7-15(13-14-3-5-16(20)6-4-14)19(18,23)10-8-17-21-11-12-22-17/h3-6,11-13,23H,7-10H2,1-2H3,(H,21,22). The highest BCUT2D eigenvalue weighted by atomic mass is 19.1. The average molecular weight is 314 g/mol. The van der Waals surface area contributed by atoms with Crippen LogP contribution in [0, 0.1) is 11.2 Å². The second kappa shape index (κ2) is 5.93. The monoisotopic (exact) mass is 314 g/mol. The van der Waals surface area contributed by atoms with Crippen molar-refractivity contribution in [2.24, 2.45) is 5.41 Å². The van der Waals surface area contributed by atoms with E-state index in [9.17, 15) is 9.50 Å². The summed E-state index contributed by atoms with van der Waals surface area (Å²) in [5.41, 5.74) is 0.899. The second-order valence-electron chi connectivity index (χ2n) is 7.00. The number of hydrogen-bond donors (Lipinski definition) is 2. The SMILES string of the molecule is CC1(C)CCC(=Cc2ccc(F)cc2)C1(O)CCc1ncc[nH]1. The van der Waals surface area contributed by atoms with Crippen molar-refractivity contribution in [2.75, 3.05) is 0 Å². The Hall–Kier alpha value is -1.94. The molecule has 1 unspecified atom stereocenters. The molecule has 0 saturated heterocycles. The van der Waals surface area contributed by atoms with E-state index >= 15 is 0 Å². The summed E-state index contributed by atoms with van der Waals surface area (Å²) in [6, 6.07) is 6.41. The first-order valence-corrected chi connectivity index (χ1v) is 8.08. The van der Waals surface area contributed by atoms with E-state index < -0.39 is 5.60 Å².